The summed E-state index contributed by atoms with van der Waals surface area (Å²) < 4.78 is 6.92. The standard InChI is InChI=1S/C61H41NO/c1-5-19-42(20-6-1)43-33-36-48(37-34-43)62(58-31-17-14-27-50(58)44-21-7-2-8-22-44)49-40-54(60-55(41-49)53-29-15-18-32-59(53)63-60)45-35-38-52-51-28-13-16-30-56(51)61(57(52)39-45,46-23-9-3-10-24-46)47-25-11-4-12-26-47/h1-7,9-21,23-33,35-36,38-41H,8,22H2. The van der Waals surface area contributed by atoms with Crippen LogP contribution < -0.4 is 4.90 Å². The van der Waals surface area contributed by atoms with Crippen LogP contribution in [-0.2, 0) is 5.41 Å². The van der Waals surface area contributed by atoms with Crippen LogP contribution >= 0.6 is 0 Å². The number of hydrogen-bond donors (Lipinski definition) is 0. The Bertz CT molecular complexity index is 3340. The monoisotopic (exact) mass is 803 g/mol. The lowest BCUT2D eigenvalue weighted by Crippen LogP contribution is -2.28. The topological polar surface area (TPSA) is 16.4 Å². The number of para-hydroxylation sites is 2. The van der Waals surface area contributed by atoms with Crippen LogP contribution in [0.3, 0.4) is 0 Å². The number of furan rings is 1. The van der Waals surface area contributed by atoms with Gasteiger partial charge in [0.15, 0.2) is 0 Å². The van der Waals surface area contributed by atoms with Crippen LogP contribution in [0, 0.1) is 12.1 Å². The third kappa shape index (κ3) is 5.97. The molecule has 296 valence electrons. The Kier molecular flexibility index (Phi) is 8.80. The predicted molar refractivity (Wildman–Crippen MR) is 261 cm³/mol. The number of fused-ring (bicyclic) bond motifs is 6. The second-order valence-electron chi connectivity index (χ2n) is 16.5. The van der Waals surface area contributed by atoms with Crippen LogP contribution in [0.2, 0.25) is 0 Å². The van der Waals surface area contributed by atoms with Crippen LogP contribution in [0.5, 0.6) is 0 Å². The molecule has 0 spiro atoms. The largest absolute Gasteiger partial charge is 0.455 e. The zero-order valence-electron chi connectivity index (χ0n) is 34.6. The highest BCUT2D eigenvalue weighted by Gasteiger charge is 2.46. The summed E-state index contributed by atoms with van der Waals surface area (Å²) in [5, 5.41) is 2.14. The summed E-state index contributed by atoms with van der Waals surface area (Å²) in [5.41, 5.74) is 18.5. The van der Waals surface area contributed by atoms with E-state index in [9.17, 15) is 0 Å². The fourth-order valence-electron chi connectivity index (χ4n) is 10.2. The maximum atomic E-state index is 6.92. The second kappa shape index (κ2) is 15.1. The van der Waals surface area contributed by atoms with Gasteiger partial charge in [-0.15, -0.1) is 0 Å². The Morgan fingerprint density at radius 2 is 1.17 bits per heavy atom. The molecule has 0 atom stereocenters. The van der Waals surface area contributed by atoms with Crippen LogP contribution in [0.15, 0.2) is 229 Å². The SMILES string of the molecule is c1c(-c2ccccc2)ccc(N(c2cc(-c3ccc4c(c3)C(c3ccccc3)(c3ccccc3)c3ccccc3-4)c3oc4ccccc4c3c2)c2ccccc2C2=CC=CCC2)c#1. The lowest BCUT2D eigenvalue weighted by molar-refractivity contribution is 0.670. The van der Waals surface area contributed by atoms with Gasteiger partial charge in [0.05, 0.1) is 16.8 Å². The number of allylic oxidation sites excluding steroid dienone is 4. The van der Waals surface area contributed by atoms with Gasteiger partial charge in [-0.05, 0) is 111 Å². The predicted octanol–water partition coefficient (Wildman–Crippen LogP) is 16.1. The number of anilines is 3. The van der Waals surface area contributed by atoms with Gasteiger partial charge in [-0.2, -0.15) is 0 Å². The summed E-state index contributed by atoms with van der Waals surface area (Å²) in [6.07, 6.45) is 8.69. The normalized spacial score (nSPS) is 13.6. The molecule has 12 rings (SSSR count). The molecule has 0 unspecified atom stereocenters. The fraction of sp³-hybridized carbons (Fsp3) is 0.0492. The Morgan fingerprint density at radius 3 is 1.92 bits per heavy atom. The molecule has 0 saturated carbocycles. The molecule has 1 heterocycles. The van der Waals surface area contributed by atoms with Gasteiger partial charge in [0.1, 0.15) is 11.2 Å². The zero-order valence-corrected chi connectivity index (χ0v) is 34.6. The number of nitrogens with zero attached hydrogens (tertiary/aromatic N) is 1. The molecule has 0 amide bonds. The maximum Gasteiger partial charge on any atom is 0.143 e. The van der Waals surface area contributed by atoms with Crippen LogP contribution in [0.1, 0.15) is 40.7 Å². The Hall–Kier alpha value is -8.12. The zero-order chi connectivity index (χ0) is 41.7. The Labute approximate surface area is 368 Å². The van der Waals surface area contributed by atoms with Crippen molar-refractivity contribution in [2.24, 2.45) is 0 Å². The average Bonchev–Trinajstić information content (AvgIpc) is 3.89. The molecule has 0 bridgehead atoms. The van der Waals surface area contributed by atoms with Crippen molar-refractivity contribution >= 4 is 44.6 Å². The van der Waals surface area contributed by atoms with E-state index in [1.54, 1.807) is 0 Å². The van der Waals surface area contributed by atoms with E-state index in [0.29, 0.717) is 0 Å². The summed E-state index contributed by atoms with van der Waals surface area (Å²) >= 11 is 0. The molecule has 1 aromatic heterocycles. The van der Waals surface area contributed by atoms with Crippen molar-refractivity contribution < 1.29 is 4.42 Å². The minimum Gasteiger partial charge on any atom is -0.455 e. The van der Waals surface area contributed by atoms with E-state index in [-0.39, 0.29) is 0 Å². The van der Waals surface area contributed by atoms with E-state index in [1.807, 2.05) is 6.07 Å². The first-order valence-corrected chi connectivity index (χ1v) is 21.8. The number of hydrogen-bond acceptors (Lipinski definition) is 2. The van der Waals surface area contributed by atoms with Crippen molar-refractivity contribution in [3.8, 4) is 33.4 Å². The van der Waals surface area contributed by atoms with E-state index < -0.39 is 5.41 Å². The van der Waals surface area contributed by atoms with Crippen molar-refractivity contribution in [3.63, 3.8) is 0 Å². The first kappa shape index (κ1) is 36.7. The Morgan fingerprint density at radius 1 is 0.492 bits per heavy atom. The lowest BCUT2D eigenvalue weighted by Gasteiger charge is -2.34. The van der Waals surface area contributed by atoms with Crippen molar-refractivity contribution in [3.05, 3.63) is 264 Å². The molecular weight excluding hydrogens is 763 g/mol. The first-order chi connectivity index (χ1) is 31.3. The molecule has 2 heteroatoms. The maximum absolute atomic E-state index is 6.92. The second-order valence-corrected chi connectivity index (χ2v) is 16.5. The van der Waals surface area contributed by atoms with E-state index in [0.717, 1.165) is 74.1 Å². The summed E-state index contributed by atoms with van der Waals surface area (Å²) in [7, 11) is 0. The Balaban J connectivity index is 1.13. The molecule has 2 nitrogen and oxygen atoms in total. The van der Waals surface area contributed by atoms with E-state index in [1.165, 1.54) is 44.5 Å². The minimum atomic E-state index is -0.534. The van der Waals surface area contributed by atoms with Gasteiger partial charge in [0.25, 0.3) is 0 Å². The van der Waals surface area contributed by atoms with E-state index in [4.69, 9.17) is 4.42 Å². The van der Waals surface area contributed by atoms with Crippen LogP contribution in [-0.4, -0.2) is 0 Å². The molecule has 0 radical (unpaired) electrons. The van der Waals surface area contributed by atoms with Crippen LogP contribution in [0.25, 0.3) is 60.9 Å². The first-order valence-electron chi connectivity index (χ1n) is 21.8. The van der Waals surface area contributed by atoms with Gasteiger partial charge >= 0.3 is 0 Å². The summed E-state index contributed by atoms with van der Waals surface area (Å²) in [6.45, 7) is 0. The smallest absolute Gasteiger partial charge is 0.143 e. The molecule has 9 aromatic carbocycles. The van der Waals surface area contributed by atoms with E-state index in [2.05, 4.69) is 235 Å². The van der Waals surface area contributed by atoms with Crippen molar-refractivity contribution in [1.82, 2.24) is 0 Å². The van der Waals surface area contributed by atoms with Gasteiger partial charge in [-0.3, -0.25) is 0 Å². The lowest BCUT2D eigenvalue weighted by atomic mass is 9.67. The quantitative estimate of drug-likeness (QED) is 0.152. The van der Waals surface area contributed by atoms with E-state index >= 15 is 0 Å². The van der Waals surface area contributed by atoms with Crippen LogP contribution in [0.4, 0.5) is 17.1 Å². The van der Waals surface area contributed by atoms with Crippen molar-refractivity contribution in [1.29, 1.82) is 0 Å². The van der Waals surface area contributed by atoms with Crippen molar-refractivity contribution in [2.45, 2.75) is 18.3 Å². The highest BCUT2D eigenvalue weighted by Crippen LogP contribution is 2.57. The molecule has 2 aliphatic rings. The third-order valence-corrected chi connectivity index (χ3v) is 13.1. The fourth-order valence-corrected chi connectivity index (χ4v) is 10.2. The molecule has 0 N–H and O–H groups in total. The molecule has 0 saturated heterocycles. The highest BCUT2D eigenvalue weighted by atomic mass is 16.3. The highest BCUT2D eigenvalue weighted by molar-refractivity contribution is 6.12. The molecule has 10 aromatic rings. The average molecular weight is 804 g/mol. The van der Waals surface area contributed by atoms with Gasteiger partial charge < -0.3 is 9.32 Å². The van der Waals surface area contributed by atoms with Crippen molar-refractivity contribution in [2.75, 3.05) is 4.90 Å². The molecule has 0 fully saturated rings. The molecular formula is C61H41NO. The number of benzene rings is 8. The van der Waals surface area contributed by atoms with Gasteiger partial charge in [-0.25, -0.2) is 0 Å². The summed E-state index contributed by atoms with van der Waals surface area (Å²) in [5.74, 6) is 0. The summed E-state index contributed by atoms with van der Waals surface area (Å²) in [6, 6.07) is 81.8. The summed E-state index contributed by atoms with van der Waals surface area (Å²) in [4.78, 5) is 2.37. The third-order valence-electron chi connectivity index (χ3n) is 13.1. The van der Waals surface area contributed by atoms with Gasteiger partial charge in [0.2, 0.25) is 0 Å². The minimum absolute atomic E-state index is 0.534. The van der Waals surface area contributed by atoms with Gasteiger partial charge in [0, 0.05) is 33.2 Å². The molecule has 2 aliphatic carbocycles. The van der Waals surface area contributed by atoms with Gasteiger partial charge in [-0.1, -0.05) is 188 Å². The molecule has 0 aliphatic heterocycles. The number of rotatable bonds is 8. The molecule has 63 heavy (non-hydrogen) atoms.